The Morgan fingerprint density at radius 1 is 1.19 bits per heavy atom. The van der Waals surface area contributed by atoms with E-state index in [-0.39, 0.29) is 11.8 Å². The van der Waals surface area contributed by atoms with Crippen LogP contribution in [-0.2, 0) is 4.79 Å². The zero-order chi connectivity index (χ0) is 18.5. The van der Waals surface area contributed by atoms with Gasteiger partial charge in [-0.15, -0.1) is 0 Å². The van der Waals surface area contributed by atoms with Crippen molar-refractivity contribution in [3.63, 3.8) is 0 Å². The van der Waals surface area contributed by atoms with Crippen molar-refractivity contribution in [2.24, 2.45) is 11.8 Å². The molecule has 2 fully saturated rings. The van der Waals surface area contributed by atoms with Crippen LogP contribution >= 0.6 is 0 Å². The molecule has 2 aliphatic rings. The first kappa shape index (κ1) is 16.7. The van der Waals surface area contributed by atoms with Gasteiger partial charge in [-0.25, -0.2) is 9.97 Å². The van der Waals surface area contributed by atoms with E-state index in [1.54, 1.807) is 0 Å². The van der Waals surface area contributed by atoms with Crippen molar-refractivity contribution in [1.82, 2.24) is 29.2 Å². The number of hydrogen-bond acceptors (Lipinski definition) is 4. The summed E-state index contributed by atoms with van der Waals surface area (Å²) in [5.41, 5.74) is 2.92. The van der Waals surface area contributed by atoms with Crippen LogP contribution in [0.5, 0.6) is 0 Å². The highest BCUT2D eigenvalue weighted by Crippen LogP contribution is 2.34. The van der Waals surface area contributed by atoms with Gasteiger partial charge in [-0.05, 0) is 38.4 Å². The molecule has 27 heavy (non-hydrogen) atoms. The number of fused-ring (bicyclic) bond motifs is 3. The number of rotatable bonds is 2. The van der Waals surface area contributed by atoms with E-state index in [0.29, 0.717) is 11.8 Å². The van der Waals surface area contributed by atoms with Gasteiger partial charge in [0.2, 0.25) is 5.91 Å². The van der Waals surface area contributed by atoms with Gasteiger partial charge in [0.15, 0.2) is 5.65 Å². The second kappa shape index (κ2) is 6.34. The van der Waals surface area contributed by atoms with E-state index >= 15 is 0 Å². The number of nitrogens with one attached hydrogen (secondary N) is 1. The summed E-state index contributed by atoms with van der Waals surface area (Å²) in [7, 11) is 2.10. The number of aromatic amines is 1. The van der Waals surface area contributed by atoms with E-state index in [9.17, 15) is 4.79 Å². The van der Waals surface area contributed by atoms with Crippen LogP contribution in [0.25, 0.3) is 16.7 Å². The number of amides is 1. The van der Waals surface area contributed by atoms with Crippen LogP contribution in [0.15, 0.2) is 24.7 Å². The molecular weight excluding hydrogens is 340 g/mol. The lowest BCUT2D eigenvalue weighted by Crippen LogP contribution is -2.45. The first-order chi connectivity index (χ1) is 13.1. The maximum atomic E-state index is 13.1. The predicted molar refractivity (Wildman–Crippen MR) is 104 cm³/mol. The number of carbonyl (C=O) groups is 1. The molecule has 1 amide bonds. The zero-order valence-corrected chi connectivity index (χ0v) is 15.9. The minimum atomic E-state index is 0.154. The molecule has 0 spiro atoms. The van der Waals surface area contributed by atoms with Crippen LogP contribution in [-0.4, -0.2) is 68.3 Å². The van der Waals surface area contributed by atoms with Crippen LogP contribution in [0.1, 0.15) is 31.5 Å². The fourth-order valence-electron chi connectivity index (χ4n) is 4.76. The van der Waals surface area contributed by atoms with Crippen molar-refractivity contribution in [1.29, 1.82) is 0 Å². The summed E-state index contributed by atoms with van der Waals surface area (Å²) >= 11 is 0. The van der Waals surface area contributed by atoms with Crippen molar-refractivity contribution in [3.8, 4) is 0 Å². The average molecular weight is 366 g/mol. The molecule has 7 nitrogen and oxygen atoms in total. The number of piperidine rings is 1. The van der Waals surface area contributed by atoms with Gasteiger partial charge in [-0.1, -0.05) is 6.92 Å². The molecule has 0 unspecified atom stereocenters. The highest BCUT2D eigenvalue weighted by molar-refractivity contribution is 5.80. The summed E-state index contributed by atoms with van der Waals surface area (Å²) in [4.78, 5) is 29.8. The highest BCUT2D eigenvalue weighted by atomic mass is 16.2. The van der Waals surface area contributed by atoms with Crippen molar-refractivity contribution in [3.05, 3.63) is 30.5 Å². The molecule has 0 aromatic carbocycles. The lowest BCUT2D eigenvalue weighted by Gasteiger charge is -2.37. The first-order valence-electron chi connectivity index (χ1n) is 9.88. The summed E-state index contributed by atoms with van der Waals surface area (Å²) in [5, 5.41) is 0. The van der Waals surface area contributed by atoms with Gasteiger partial charge in [0, 0.05) is 31.7 Å². The molecule has 5 heterocycles. The maximum Gasteiger partial charge on any atom is 0.227 e. The first-order valence-corrected chi connectivity index (χ1v) is 9.88. The molecular formula is C20H26N6O. The van der Waals surface area contributed by atoms with Crippen molar-refractivity contribution < 1.29 is 4.79 Å². The lowest BCUT2D eigenvalue weighted by atomic mass is 9.85. The number of H-pyrrole nitrogens is 1. The molecule has 142 valence electrons. The number of imidazole rings is 1. The fourth-order valence-corrected chi connectivity index (χ4v) is 4.76. The van der Waals surface area contributed by atoms with Crippen molar-refractivity contribution >= 4 is 22.6 Å². The van der Waals surface area contributed by atoms with Crippen molar-refractivity contribution in [2.75, 3.05) is 33.2 Å². The number of likely N-dealkylation sites (tertiary alicyclic amines) is 2. The number of aromatic nitrogens is 4. The maximum absolute atomic E-state index is 13.1. The Labute approximate surface area is 158 Å². The Bertz CT molecular complexity index is 991. The molecule has 3 aromatic heterocycles. The Morgan fingerprint density at radius 3 is 2.85 bits per heavy atom. The largest absolute Gasteiger partial charge is 0.345 e. The molecule has 5 rings (SSSR count). The number of hydrogen-bond donors (Lipinski definition) is 1. The molecule has 2 saturated heterocycles. The minimum Gasteiger partial charge on any atom is -0.345 e. The Morgan fingerprint density at radius 2 is 2.04 bits per heavy atom. The van der Waals surface area contributed by atoms with Gasteiger partial charge in [0.1, 0.15) is 5.82 Å². The second-order valence-electron chi connectivity index (χ2n) is 8.25. The third-order valence-corrected chi connectivity index (χ3v) is 6.43. The monoisotopic (exact) mass is 366 g/mol. The van der Waals surface area contributed by atoms with Crippen LogP contribution in [0.2, 0.25) is 0 Å². The number of nitrogens with zero attached hydrogens (tertiary/aromatic N) is 5. The highest BCUT2D eigenvalue weighted by Gasteiger charge is 2.36. The van der Waals surface area contributed by atoms with E-state index in [0.717, 1.165) is 61.5 Å². The second-order valence-corrected chi connectivity index (χ2v) is 8.25. The Balaban J connectivity index is 1.48. The third-order valence-electron chi connectivity index (χ3n) is 6.43. The van der Waals surface area contributed by atoms with Gasteiger partial charge in [0.25, 0.3) is 0 Å². The molecule has 0 saturated carbocycles. The minimum absolute atomic E-state index is 0.154. The normalized spacial score (nSPS) is 27.0. The topological polar surface area (TPSA) is 69.5 Å². The van der Waals surface area contributed by atoms with E-state index in [4.69, 9.17) is 4.98 Å². The SMILES string of the molecule is C[C@@H]1CCN(C(=O)[C@H]2CCN(C)C2)C[C@@H]1c1ncc2cnc3[nH]ccc3n12. The fraction of sp³-hybridized carbons (Fsp3) is 0.550. The van der Waals surface area contributed by atoms with Crippen molar-refractivity contribution in [2.45, 2.75) is 25.7 Å². The summed E-state index contributed by atoms with van der Waals surface area (Å²) in [6.07, 6.45) is 7.68. The van der Waals surface area contributed by atoms with Gasteiger partial charge >= 0.3 is 0 Å². The van der Waals surface area contributed by atoms with Gasteiger partial charge in [-0.2, -0.15) is 0 Å². The van der Waals surface area contributed by atoms with Crippen LogP contribution in [0.3, 0.4) is 0 Å². The molecule has 0 aliphatic carbocycles. The summed E-state index contributed by atoms with van der Waals surface area (Å²) in [5.74, 6) is 2.26. The predicted octanol–water partition coefficient (Wildman–Crippen LogP) is 2.11. The van der Waals surface area contributed by atoms with Crippen LogP contribution in [0, 0.1) is 11.8 Å². The standard InChI is InChI=1S/C20H26N6O/c1-13-4-8-25(20(27)14-5-7-24(2)11-14)12-16(13)19-23-10-15-9-22-18-17(26(15)19)3-6-21-18/h3,6,9-10,13-14,16,21H,4-5,7-8,11-12H2,1-2H3/t13-,14+,16+/m1/s1. The number of carbonyl (C=O) groups excluding carboxylic acids is 1. The van der Waals surface area contributed by atoms with Gasteiger partial charge in [-0.3, -0.25) is 9.20 Å². The lowest BCUT2D eigenvalue weighted by molar-refractivity contribution is -0.136. The summed E-state index contributed by atoms with van der Waals surface area (Å²) in [6, 6.07) is 2.05. The van der Waals surface area contributed by atoms with E-state index in [2.05, 4.69) is 38.1 Å². The quantitative estimate of drug-likeness (QED) is 0.754. The average Bonchev–Trinajstić information content (AvgIpc) is 3.39. The summed E-state index contributed by atoms with van der Waals surface area (Å²) in [6.45, 7) is 5.81. The van der Waals surface area contributed by atoms with Gasteiger partial charge in [0.05, 0.1) is 29.3 Å². The van der Waals surface area contributed by atoms with Crippen LogP contribution in [0.4, 0.5) is 0 Å². The molecule has 1 N–H and O–H groups in total. The third kappa shape index (κ3) is 2.72. The molecule has 7 heteroatoms. The molecule has 0 bridgehead atoms. The zero-order valence-electron chi connectivity index (χ0n) is 15.9. The molecule has 0 radical (unpaired) electrons. The molecule has 3 aromatic rings. The van der Waals surface area contributed by atoms with Crippen LogP contribution < -0.4 is 0 Å². The smallest absolute Gasteiger partial charge is 0.227 e. The summed E-state index contributed by atoms with van der Waals surface area (Å²) < 4.78 is 2.21. The van der Waals surface area contributed by atoms with E-state index < -0.39 is 0 Å². The van der Waals surface area contributed by atoms with E-state index in [1.807, 2.05) is 24.7 Å². The van der Waals surface area contributed by atoms with Gasteiger partial charge < -0.3 is 14.8 Å². The molecule has 3 atom stereocenters. The Kier molecular flexibility index (Phi) is 3.93. The Hall–Kier alpha value is -2.41. The molecule has 2 aliphatic heterocycles. The van der Waals surface area contributed by atoms with E-state index in [1.165, 1.54) is 0 Å².